The van der Waals surface area contributed by atoms with Crippen molar-refractivity contribution in [3.8, 4) is 22.6 Å². The molecular formula is C22H25N3O. The van der Waals surface area contributed by atoms with E-state index in [2.05, 4.69) is 52.4 Å². The summed E-state index contributed by atoms with van der Waals surface area (Å²) in [5.41, 5.74) is 4.64. The molecule has 1 aromatic heterocycles. The summed E-state index contributed by atoms with van der Waals surface area (Å²) in [5, 5.41) is 8.15. The van der Waals surface area contributed by atoms with Crippen LogP contribution in [0.2, 0.25) is 0 Å². The maximum absolute atomic E-state index is 5.64. The summed E-state index contributed by atoms with van der Waals surface area (Å²) >= 11 is 0. The molecule has 1 aliphatic rings. The maximum Gasteiger partial charge on any atom is 0.248 e. The van der Waals surface area contributed by atoms with E-state index in [4.69, 9.17) is 4.42 Å². The summed E-state index contributed by atoms with van der Waals surface area (Å²) < 4.78 is 5.64. The second-order valence-corrected chi connectivity index (χ2v) is 7.07. The van der Waals surface area contributed by atoms with E-state index in [9.17, 15) is 0 Å². The monoisotopic (exact) mass is 347 g/mol. The average molecular weight is 347 g/mol. The van der Waals surface area contributed by atoms with E-state index < -0.39 is 0 Å². The lowest BCUT2D eigenvalue weighted by Gasteiger charge is -2.32. The topological polar surface area (TPSA) is 42.2 Å². The van der Waals surface area contributed by atoms with Crippen LogP contribution in [0, 0.1) is 6.92 Å². The van der Waals surface area contributed by atoms with Crippen molar-refractivity contribution >= 4 is 0 Å². The summed E-state index contributed by atoms with van der Waals surface area (Å²) in [4.78, 5) is 2.59. The van der Waals surface area contributed by atoms with Crippen molar-refractivity contribution in [2.45, 2.75) is 39.2 Å². The van der Waals surface area contributed by atoms with Crippen molar-refractivity contribution in [3.63, 3.8) is 0 Å². The van der Waals surface area contributed by atoms with Crippen molar-refractivity contribution in [1.29, 1.82) is 0 Å². The highest BCUT2D eigenvalue weighted by Crippen LogP contribution is 2.32. The first-order valence-corrected chi connectivity index (χ1v) is 9.46. The average Bonchev–Trinajstić information content (AvgIpc) is 3.14. The third kappa shape index (κ3) is 3.42. The first-order valence-electron chi connectivity index (χ1n) is 9.46. The molecule has 0 spiro atoms. The van der Waals surface area contributed by atoms with Crippen molar-refractivity contribution in [3.05, 3.63) is 60.0 Å². The molecule has 1 aliphatic heterocycles. The third-order valence-corrected chi connectivity index (χ3v) is 5.33. The molecule has 4 nitrogen and oxygen atoms in total. The number of nitrogens with zero attached hydrogens (tertiary/aromatic N) is 3. The largest absolute Gasteiger partial charge is 0.421 e. The Morgan fingerprint density at radius 2 is 1.58 bits per heavy atom. The zero-order valence-corrected chi connectivity index (χ0v) is 15.5. The molecule has 0 unspecified atom stereocenters. The fourth-order valence-corrected chi connectivity index (χ4v) is 3.78. The van der Waals surface area contributed by atoms with Gasteiger partial charge in [-0.05, 0) is 55.6 Å². The quantitative estimate of drug-likeness (QED) is 0.646. The molecule has 0 amide bonds. The lowest BCUT2D eigenvalue weighted by Crippen LogP contribution is -2.32. The van der Waals surface area contributed by atoms with Crippen LogP contribution < -0.4 is 0 Å². The van der Waals surface area contributed by atoms with Gasteiger partial charge in [0, 0.05) is 18.5 Å². The maximum atomic E-state index is 5.64. The molecule has 0 aliphatic carbocycles. The van der Waals surface area contributed by atoms with E-state index in [1.807, 2.05) is 25.1 Å². The van der Waals surface area contributed by atoms with Gasteiger partial charge in [-0.25, -0.2) is 0 Å². The second-order valence-electron chi connectivity index (χ2n) is 7.07. The van der Waals surface area contributed by atoms with Crippen molar-refractivity contribution < 1.29 is 4.42 Å². The number of aryl methyl sites for hydroxylation is 1. The van der Waals surface area contributed by atoms with Gasteiger partial charge < -0.3 is 4.42 Å². The van der Waals surface area contributed by atoms with Crippen LogP contribution in [0.25, 0.3) is 22.6 Å². The first kappa shape index (κ1) is 17.0. The molecule has 3 aromatic rings. The minimum Gasteiger partial charge on any atom is -0.421 e. The standard InChI is InChI=1S/C22H25N3O/c1-16(25-14-6-3-7-15-25)18-10-12-19(13-11-18)20-8-4-5-9-21(20)22-24-23-17(2)26-22/h4-5,8-13,16H,3,6-7,14-15H2,1-2H3/t16-/m1/s1. The predicted octanol–water partition coefficient (Wildman–Crippen LogP) is 5.26. The number of hydrogen-bond donors (Lipinski definition) is 0. The van der Waals surface area contributed by atoms with Gasteiger partial charge in [-0.1, -0.05) is 48.9 Å². The van der Waals surface area contributed by atoms with Crippen LogP contribution in [0.4, 0.5) is 0 Å². The molecule has 4 rings (SSSR count). The molecular weight excluding hydrogens is 322 g/mol. The molecule has 134 valence electrons. The Morgan fingerprint density at radius 1 is 0.885 bits per heavy atom. The second kappa shape index (κ2) is 7.42. The van der Waals surface area contributed by atoms with Crippen LogP contribution in [0.3, 0.4) is 0 Å². The molecule has 1 atom stereocenters. The van der Waals surface area contributed by atoms with Gasteiger partial charge in [-0.2, -0.15) is 0 Å². The minimum atomic E-state index is 0.471. The number of aromatic nitrogens is 2. The zero-order valence-electron chi connectivity index (χ0n) is 15.5. The molecule has 0 N–H and O–H groups in total. The van der Waals surface area contributed by atoms with Crippen molar-refractivity contribution in [2.75, 3.05) is 13.1 Å². The van der Waals surface area contributed by atoms with E-state index in [-0.39, 0.29) is 0 Å². The van der Waals surface area contributed by atoms with Gasteiger partial charge in [0.1, 0.15) is 0 Å². The van der Waals surface area contributed by atoms with Crippen LogP contribution in [0.1, 0.15) is 43.7 Å². The van der Waals surface area contributed by atoms with Crippen LogP contribution in [-0.2, 0) is 0 Å². The lowest BCUT2D eigenvalue weighted by atomic mass is 9.96. The van der Waals surface area contributed by atoms with E-state index in [1.165, 1.54) is 43.5 Å². The van der Waals surface area contributed by atoms with Gasteiger partial charge in [0.25, 0.3) is 0 Å². The Hall–Kier alpha value is -2.46. The highest BCUT2D eigenvalue weighted by Gasteiger charge is 2.18. The lowest BCUT2D eigenvalue weighted by molar-refractivity contribution is 0.175. The normalized spacial score (nSPS) is 16.5. The smallest absolute Gasteiger partial charge is 0.248 e. The summed E-state index contributed by atoms with van der Waals surface area (Å²) in [7, 11) is 0. The third-order valence-electron chi connectivity index (χ3n) is 5.33. The molecule has 4 heteroatoms. The highest BCUT2D eigenvalue weighted by atomic mass is 16.4. The van der Waals surface area contributed by atoms with Gasteiger partial charge in [0.2, 0.25) is 11.8 Å². The number of likely N-dealkylation sites (tertiary alicyclic amines) is 1. The van der Waals surface area contributed by atoms with Gasteiger partial charge >= 0.3 is 0 Å². The van der Waals surface area contributed by atoms with Gasteiger partial charge in [0.05, 0.1) is 0 Å². The molecule has 0 saturated carbocycles. The summed E-state index contributed by atoms with van der Waals surface area (Å²) in [6.45, 7) is 6.55. The predicted molar refractivity (Wildman–Crippen MR) is 104 cm³/mol. The Morgan fingerprint density at radius 3 is 2.23 bits per heavy atom. The fraction of sp³-hybridized carbons (Fsp3) is 0.364. The van der Waals surface area contributed by atoms with Crippen LogP contribution >= 0.6 is 0 Å². The molecule has 2 aromatic carbocycles. The van der Waals surface area contributed by atoms with E-state index in [0.29, 0.717) is 17.8 Å². The molecule has 0 radical (unpaired) electrons. The number of rotatable bonds is 4. The molecule has 26 heavy (non-hydrogen) atoms. The Balaban J connectivity index is 1.61. The number of benzene rings is 2. The minimum absolute atomic E-state index is 0.471. The van der Waals surface area contributed by atoms with E-state index >= 15 is 0 Å². The summed E-state index contributed by atoms with van der Waals surface area (Å²) in [5.74, 6) is 1.16. The van der Waals surface area contributed by atoms with Gasteiger partial charge in [0.15, 0.2) is 0 Å². The van der Waals surface area contributed by atoms with Gasteiger partial charge in [-0.3, -0.25) is 4.90 Å². The summed E-state index contributed by atoms with van der Waals surface area (Å²) in [6, 6.07) is 17.6. The highest BCUT2D eigenvalue weighted by molar-refractivity contribution is 5.79. The van der Waals surface area contributed by atoms with Crippen LogP contribution in [0.5, 0.6) is 0 Å². The first-order chi connectivity index (χ1) is 12.7. The van der Waals surface area contributed by atoms with Crippen molar-refractivity contribution in [1.82, 2.24) is 15.1 Å². The SMILES string of the molecule is Cc1nnc(-c2ccccc2-c2ccc([C@@H](C)N3CCCCC3)cc2)o1. The Kier molecular flexibility index (Phi) is 4.85. The molecule has 2 heterocycles. The number of hydrogen-bond acceptors (Lipinski definition) is 4. The molecule has 1 saturated heterocycles. The molecule has 0 bridgehead atoms. The number of piperidine rings is 1. The van der Waals surface area contributed by atoms with E-state index in [1.54, 1.807) is 0 Å². The van der Waals surface area contributed by atoms with Crippen LogP contribution in [-0.4, -0.2) is 28.2 Å². The van der Waals surface area contributed by atoms with Crippen molar-refractivity contribution in [2.24, 2.45) is 0 Å². The zero-order chi connectivity index (χ0) is 17.9. The Labute approximate surface area is 154 Å². The molecule has 1 fully saturated rings. The summed E-state index contributed by atoms with van der Waals surface area (Å²) in [6.07, 6.45) is 4.01. The van der Waals surface area contributed by atoms with Crippen LogP contribution in [0.15, 0.2) is 52.9 Å². The Bertz CT molecular complexity index is 863. The van der Waals surface area contributed by atoms with E-state index in [0.717, 1.165) is 11.1 Å². The van der Waals surface area contributed by atoms with Gasteiger partial charge in [-0.15, -0.1) is 10.2 Å². The fourth-order valence-electron chi connectivity index (χ4n) is 3.78.